The first kappa shape index (κ1) is 16.7. The normalized spacial score (nSPS) is 10.0. The number of anilines is 1. The monoisotopic (exact) mass is 317 g/mol. The molecule has 0 saturated heterocycles. The van der Waals surface area contributed by atoms with Crippen LogP contribution in [-0.4, -0.2) is 37.6 Å². The molecule has 1 aromatic carbocycles. The van der Waals surface area contributed by atoms with Crippen LogP contribution in [0.4, 0.5) is 5.69 Å². The zero-order valence-electron chi connectivity index (χ0n) is 11.5. The minimum Gasteiger partial charge on any atom is -0.495 e. The van der Waals surface area contributed by atoms with Gasteiger partial charge in [-0.15, -0.1) is 11.8 Å². The Morgan fingerprint density at radius 1 is 1.30 bits per heavy atom. The molecule has 1 N–H and O–H groups in total. The molecule has 0 atom stereocenters. The standard InChI is InChI=1S/C13H16ClNO4S/c1-8-4-10(11(18-2)5-9(8)14)15-12(16)6-20-7-13(17)19-3/h4-5H,6-7H2,1-3H3,(H,15,16). The minimum atomic E-state index is -0.359. The van der Waals surface area contributed by atoms with E-state index in [9.17, 15) is 9.59 Å². The van der Waals surface area contributed by atoms with Crippen LogP contribution in [0.5, 0.6) is 5.75 Å². The summed E-state index contributed by atoms with van der Waals surface area (Å²) in [5.41, 5.74) is 1.39. The Kier molecular flexibility index (Phi) is 6.67. The van der Waals surface area contributed by atoms with E-state index in [1.165, 1.54) is 26.0 Å². The van der Waals surface area contributed by atoms with Crippen molar-refractivity contribution >= 4 is 40.9 Å². The third-order valence-electron chi connectivity index (χ3n) is 2.44. The van der Waals surface area contributed by atoms with Crippen LogP contribution in [-0.2, 0) is 14.3 Å². The Balaban J connectivity index is 2.61. The number of hydrogen-bond donors (Lipinski definition) is 1. The number of aryl methyl sites for hydroxylation is 1. The first-order chi connectivity index (χ1) is 9.47. The van der Waals surface area contributed by atoms with Gasteiger partial charge < -0.3 is 14.8 Å². The number of rotatable bonds is 6. The van der Waals surface area contributed by atoms with E-state index in [4.69, 9.17) is 16.3 Å². The van der Waals surface area contributed by atoms with Crippen molar-refractivity contribution in [3.63, 3.8) is 0 Å². The van der Waals surface area contributed by atoms with Crippen LogP contribution in [0.15, 0.2) is 12.1 Å². The molecule has 0 heterocycles. The van der Waals surface area contributed by atoms with Crippen molar-refractivity contribution in [1.82, 2.24) is 0 Å². The number of methoxy groups -OCH3 is 2. The average molecular weight is 318 g/mol. The van der Waals surface area contributed by atoms with Crippen molar-refractivity contribution in [2.24, 2.45) is 0 Å². The fourth-order valence-corrected chi connectivity index (χ4v) is 2.20. The number of esters is 1. The molecular formula is C13H16ClNO4S. The lowest BCUT2D eigenvalue weighted by Gasteiger charge is -2.12. The van der Waals surface area contributed by atoms with Gasteiger partial charge in [-0.25, -0.2) is 0 Å². The molecule has 0 fully saturated rings. The van der Waals surface area contributed by atoms with Gasteiger partial charge in [0.15, 0.2) is 0 Å². The average Bonchev–Trinajstić information content (AvgIpc) is 2.42. The van der Waals surface area contributed by atoms with Crippen LogP contribution in [0.25, 0.3) is 0 Å². The predicted octanol–water partition coefficient (Wildman–Crippen LogP) is 2.50. The van der Waals surface area contributed by atoms with Crippen molar-refractivity contribution in [2.75, 3.05) is 31.0 Å². The molecule has 5 nitrogen and oxygen atoms in total. The highest BCUT2D eigenvalue weighted by Gasteiger charge is 2.11. The van der Waals surface area contributed by atoms with Gasteiger partial charge in [-0.3, -0.25) is 9.59 Å². The molecule has 20 heavy (non-hydrogen) atoms. The summed E-state index contributed by atoms with van der Waals surface area (Å²) in [6, 6.07) is 3.39. The maximum Gasteiger partial charge on any atom is 0.315 e. The Morgan fingerprint density at radius 2 is 2.00 bits per heavy atom. The molecule has 0 radical (unpaired) electrons. The second kappa shape index (κ2) is 8.01. The summed E-state index contributed by atoms with van der Waals surface area (Å²) in [6.45, 7) is 1.84. The van der Waals surface area contributed by atoms with Crippen LogP contribution >= 0.6 is 23.4 Å². The molecule has 1 amide bonds. The summed E-state index contributed by atoms with van der Waals surface area (Å²) in [4.78, 5) is 22.7. The van der Waals surface area contributed by atoms with Crippen molar-refractivity contribution in [1.29, 1.82) is 0 Å². The van der Waals surface area contributed by atoms with Crippen molar-refractivity contribution in [3.05, 3.63) is 22.7 Å². The van der Waals surface area contributed by atoms with E-state index in [0.717, 1.165) is 5.56 Å². The lowest BCUT2D eigenvalue weighted by atomic mass is 10.2. The van der Waals surface area contributed by atoms with Gasteiger partial charge >= 0.3 is 5.97 Å². The molecule has 1 rings (SSSR count). The fourth-order valence-electron chi connectivity index (χ4n) is 1.40. The van der Waals surface area contributed by atoms with Gasteiger partial charge in [0, 0.05) is 11.1 Å². The van der Waals surface area contributed by atoms with Gasteiger partial charge in [0.2, 0.25) is 5.91 Å². The number of hydrogen-bond acceptors (Lipinski definition) is 5. The molecule has 0 spiro atoms. The number of carbonyl (C=O) groups is 2. The number of nitrogens with one attached hydrogen (secondary N) is 1. The summed E-state index contributed by atoms with van der Waals surface area (Å²) in [6.07, 6.45) is 0. The Bertz CT molecular complexity index is 507. The van der Waals surface area contributed by atoms with Crippen LogP contribution in [0.3, 0.4) is 0 Å². The highest BCUT2D eigenvalue weighted by molar-refractivity contribution is 8.00. The molecular weight excluding hydrogens is 302 g/mol. The largest absolute Gasteiger partial charge is 0.495 e. The smallest absolute Gasteiger partial charge is 0.315 e. The lowest BCUT2D eigenvalue weighted by Crippen LogP contribution is -2.16. The molecule has 0 bridgehead atoms. The molecule has 0 unspecified atom stereocenters. The number of ether oxygens (including phenoxy) is 2. The molecule has 0 aliphatic carbocycles. The van der Waals surface area contributed by atoms with Crippen molar-refractivity contribution in [2.45, 2.75) is 6.92 Å². The second-order valence-electron chi connectivity index (χ2n) is 3.92. The van der Waals surface area contributed by atoms with E-state index in [-0.39, 0.29) is 23.4 Å². The highest BCUT2D eigenvalue weighted by atomic mass is 35.5. The summed E-state index contributed by atoms with van der Waals surface area (Å²) in [5, 5.41) is 3.30. The van der Waals surface area contributed by atoms with Gasteiger partial charge in [-0.05, 0) is 18.6 Å². The lowest BCUT2D eigenvalue weighted by molar-refractivity contribution is -0.137. The molecule has 110 valence electrons. The molecule has 0 aliphatic heterocycles. The SMILES string of the molecule is COC(=O)CSCC(=O)Nc1cc(C)c(Cl)cc1OC. The Labute approximate surface area is 127 Å². The van der Waals surface area contributed by atoms with Gasteiger partial charge in [0.1, 0.15) is 5.75 Å². The molecule has 7 heteroatoms. The first-order valence-electron chi connectivity index (χ1n) is 5.76. The van der Waals surface area contributed by atoms with Crippen LogP contribution < -0.4 is 10.1 Å². The van der Waals surface area contributed by atoms with Crippen LogP contribution in [0.1, 0.15) is 5.56 Å². The maximum atomic E-state index is 11.8. The number of amides is 1. The molecule has 1 aromatic rings. The van der Waals surface area contributed by atoms with E-state index in [1.807, 2.05) is 6.92 Å². The number of carbonyl (C=O) groups excluding carboxylic acids is 2. The summed E-state index contributed by atoms with van der Waals surface area (Å²) in [5.74, 6) is 0.203. The zero-order valence-corrected chi connectivity index (χ0v) is 13.1. The van der Waals surface area contributed by atoms with Gasteiger partial charge in [-0.2, -0.15) is 0 Å². The zero-order chi connectivity index (χ0) is 15.1. The fraction of sp³-hybridized carbons (Fsp3) is 0.385. The molecule has 0 aliphatic rings. The minimum absolute atomic E-state index is 0.140. The predicted molar refractivity (Wildman–Crippen MR) is 80.7 cm³/mol. The topological polar surface area (TPSA) is 64.6 Å². The van der Waals surface area contributed by atoms with Gasteiger partial charge in [0.25, 0.3) is 0 Å². The van der Waals surface area contributed by atoms with E-state index in [1.54, 1.807) is 12.1 Å². The number of benzene rings is 1. The van der Waals surface area contributed by atoms with Crippen molar-refractivity contribution in [3.8, 4) is 5.75 Å². The Morgan fingerprint density at radius 3 is 2.60 bits per heavy atom. The summed E-state index contributed by atoms with van der Waals surface area (Å²) in [7, 11) is 2.81. The van der Waals surface area contributed by atoms with E-state index >= 15 is 0 Å². The summed E-state index contributed by atoms with van der Waals surface area (Å²) >= 11 is 7.17. The van der Waals surface area contributed by atoms with Gasteiger partial charge in [0.05, 0.1) is 31.4 Å². The summed E-state index contributed by atoms with van der Waals surface area (Å²) < 4.78 is 9.65. The quantitative estimate of drug-likeness (QED) is 0.817. The number of halogens is 1. The third-order valence-corrected chi connectivity index (χ3v) is 3.75. The Hall–Kier alpha value is -1.40. The first-order valence-corrected chi connectivity index (χ1v) is 7.29. The third kappa shape index (κ3) is 4.94. The van der Waals surface area contributed by atoms with E-state index in [2.05, 4.69) is 10.1 Å². The molecule has 0 saturated carbocycles. The van der Waals surface area contributed by atoms with Crippen molar-refractivity contribution < 1.29 is 19.1 Å². The van der Waals surface area contributed by atoms with E-state index in [0.29, 0.717) is 16.5 Å². The van der Waals surface area contributed by atoms with E-state index < -0.39 is 0 Å². The maximum absolute atomic E-state index is 11.8. The number of thioether (sulfide) groups is 1. The van der Waals surface area contributed by atoms with Crippen LogP contribution in [0.2, 0.25) is 5.02 Å². The second-order valence-corrected chi connectivity index (χ2v) is 5.31. The van der Waals surface area contributed by atoms with Gasteiger partial charge in [-0.1, -0.05) is 11.6 Å². The van der Waals surface area contributed by atoms with Crippen LogP contribution in [0, 0.1) is 6.92 Å². The molecule has 0 aromatic heterocycles. The highest BCUT2D eigenvalue weighted by Crippen LogP contribution is 2.30.